The highest BCUT2D eigenvalue weighted by Gasteiger charge is 2.15. The first-order valence-electron chi connectivity index (χ1n) is 5.28. The zero-order valence-electron chi connectivity index (χ0n) is 9.87. The van der Waals surface area contributed by atoms with Gasteiger partial charge in [0.25, 0.3) is 0 Å². The first kappa shape index (κ1) is 14.3. The molecule has 5 heteroatoms. The van der Waals surface area contributed by atoms with Gasteiger partial charge >= 0.3 is 0 Å². The standard InChI is InChI=1S/C8H14N2O2S.C2H6/c1-6-5-8(10-12-6)13-4-3-9-7(2)11;1-2/h6H,3-5H2,1-2H3,(H,9,11);1-2H3. The fraction of sp³-hybridized carbons (Fsp3) is 0.800. The third kappa shape index (κ3) is 7.25. The first-order valence-corrected chi connectivity index (χ1v) is 6.27. The molecule has 1 heterocycles. The Hall–Kier alpha value is -0.710. The maximum absolute atomic E-state index is 10.5. The van der Waals surface area contributed by atoms with Gasteiger partial charge < -0.3 is 10.2 Å². The van der Waals surface area contributed by atoms with Crippen molar-refractivity contribution in [2.45, 2.75) is 40.2 Å². The average molecular weight is 232 g/mol. The van der Waals surface area contributed by atoms with Crippen LogP contribution in [0.15, 0.2) is 5.16 Å². The van der Waals surface area contributed by atoms with Gasteiger partial charge in [-0.2, -0.15) is 0 Å². The summed E-state index contributed by atoms with van der Waals surface area (Å²) in [7, 11) is 0. The van der Waals surface area contributed by atoms with Gasteiger partial charge in [0.2, 0.25) is 5.91 Å². The predicted octanol–water partition coefficient (Wildman–Crippen LogP) is 2.00. The molecule has 0 fully saturated rings. The summed E-state index contributed by atoms with van der Waals surface area (Å²) in [5.74, 6) is 0.868. The number of rotatable bonds is 3. The number of carbonyl (C=O) groups excluding carboxylic acids is 1. The minimum absolute atomic E-state index is 0.0126. The Morgan fingerprint density at radius 2 is 2.33 bits per heavy atom. The van der Waals surface area contributed by atoms with Crippen molar-refractivity contribution < 1.29 is 9.63 Å². The van der Waals surface area contributed by atoms with E-state index >= 15 is 0 Å². The van der Waals surface area contributed by atoms with Crippen molar-refractivity contribution in [3.63, 3.8) is 0 Å². The molecule has 1 unspecified atom stereocenters. The van der Waals surface area contributed by atoms with E-state index in [1.807, 2.05) is 20.8 Å². The Bertz CT molecular complexity index is 219. The molecule has 1 atom stereocenters. The highest BCUT2D eigenvalue weighted by Crippen LogP contribution is 2.17. The molecule has 15 heavy (non-hydrogen) atoms. The van der Waals surface area contributed by atoms with Crippen molar-refractivity contribution in [1.82, 2.24) is 5.32 Å². The molecule has 0 aliphatic carbocycles. The lowest BCUT2D eigenvalue weighted by Gasteiger charge is -2.00. The zero-order chi connectivity index (χ0) is 11.7. The topological polar surface area (TPSA) is 50.7 Å². The van der Waals surface area contributed by atoms with Crippen LogP contribution in [0.25, 0.3) is 0 Å². The van der Waals surface area contributed by atoms with Gasteiger partial charge in [-0.15, -0.1) is 11.8 Å². The molecule has 1 N–H and O–H groups in total. The molecule has 0 aromatic heterocycles. The number of carbonyl (C=O) groups is 1. The minimum atomic E-state index is 0.0126. The predicted molar refractivity (Wildman–Crippen MR) is 65.1 cm³/mol. The van der Waals surface area contributed by atoms with Crippen molar-refractivity contribution in [3.8, 4) is 0 Å². The van der Waals surface area contributed by atoms with Crippen LogP contribution < -0.4 is 5.32 Å². The smallest absolute Gasteiger partial charge is 0.216 e. The first-order chi connectivity index (χ1) is 7.18. The molecule has 4 nitrogen and oxygen atoms in total. The van der Waals surface area contributed by atoms with Crippen molar-refractivity contribution in [3.05, 3.63) is 0 Å². The van der Waals surface area contributed by atoms with E-state index < -0.39 is 0 Å². The van der Waals surface area contributed by atoms with Gasteiger partial charge in [0.15, 0.2) is 0 Å². The fourth-order valence-corrected chi connectivity index (χ4v) is 1.84. The van der Waals surface area contributed by atoms with Crippen molar-refractivity contribution in [2.75, 3.05) is 12.3 Å². The molecule has 88 valence electrons. The Morgan fingerprint density at radius 1 is 1.67 bits per heavy atom. The van der Waals surface area contributed by atoms with Crippen LogP contribution in [-0.4, -0.2) is 29.4 Å². The molecule has 0 aromatic carbocycles. The largest absolute Gasteiger partial charge is 0.392 e. The van der Waals surface area contributed by atoms with E-state index in [1.165, 1.54) is 6.92 Å². The van der Waals surface area contributed by atoms with Crippen LogP contribution in [-0.2, 0) is 9.63 Å². The van der Waals surface area contributed by atoms with Gasteiger partial charge in [0.05, 0.1) is 0 Å². The van der Waals surface area contributed by atoms with Gasteiger partial charge in [-0.25, -0.2) is 0 Å². The zero-order valence-corrected chi connectivity index (χ0v) is 10.7. The number of thioether (sulfide) groups is 1. The lowest BCUT2D eigenvalue weighted by Crippen LogP contribution is -2.22. The van der Waals surface area contributed by atoms with Gasteiger partial charge in [0.1, 0.15) is 11.1 Å². The van der Waals surface area contributed by atoms with Crippen molar-refractivity contribution in [2.24, 2.45) is 5.16 Å². The maximum Gasteiger partial charge on any atom is 0.216 e. The quantitative estimate of drug-likeness (QED) is 0.757. The van der Waals surface area contributed by atoms with E-state index in [-0.39, 0.29) is 12.0 Å². The second-order valence-electron chi connectivity index (χ2n) is 2.94. The molecule has 0 spiro atoms. The van der Waals surface area contributed by atoms with Crippen LogP contribution in [0.2, 0.25) is 0 Å². The van der Waals surface area contributed by atoms with Gasteiger partial charge in [-0.3, -0.25) is 4.79 Å². The maximum atomic E-state index is 10.5. The molecule has 1 aliphatic rings. The molecule has 0 saturated carbocycles. The molecule has 0 saturated heterocycles. The van der Waals surface area contributed by atoms with Gasteiger partial charge in [-0.05, 0) is 6.92 Å². The third-order valence-corrected chi connectivity index (χ3v) is 2.52. The number of amides is 1. The van der Waals surface area contributed by atoms with E-state index in [0.717, 1.165) is 17.2 Å². The second-order valence-corrected chi connectivity index (χ2v) is 4.10. The molecular weight excluding hydrogens is 212 g/mol. The third-order valence-electron chi connectivity index (χ3n) is 1.54. The fourth-order valence-electron chi connectivity index (χ4n) is 0.950. The van der Waals surface area contributed by atoms with Gasteiger partial charge in [0, 0.05) is 25.6 Å². The Labute approximate surface area is 95.8 Å². The van der Waals surface area contributed by atoms with Gasteiger partial charge in [-0.1, -0.05) is 19.0 Å². The second kappa shape index (κ2) is 8.59. The Morgan fingerprint density at radius 3 is 2.80 bits per heavy atom. The monoisotopic (exact) mass is 232 g/mol. The number of hydrogen-bond acceptors (Lipinski definition) is 4. The summed E-state index contributed by atoms with van der Waals surface area (Å²) in [5, 5.41) is 7.65. The summed E-state index contributed by atoms with van der Waals surface area (Å²) in [6.45, 7) is 8.20. The van der Waals surface area contributed by atoms with E-state index in [1.54, 1.807) is 11.8 Å². The highest BCUT2D eigenvalue weighted by molar-refractivity contribution is 8.13. The summed E-state index contributed by atoms with van der Waals surface area (Å²) in [4.78, 5) is 15.5. The van der Waals surface area contributed by atoms with E-state index in [9.17, 15) is 4.79 Å². The van der Waals surface area contributed by atoms with Crippen LogP contribution in [0, 0.1) is 0 Å². The summed E-state index contributed by atoms with van der Waals surface area (Å²) in [6, 6.07) is 0. The number of hydrogen-bond donors (Lipinski definition) is 1. The number of nitrogens with zero attached hydrogens (tertiary/aromatic N) is 1. The van der Waals surface area contributed by atoms with Crippen LogP contribution in [0.5, 0.6) is 0 Å². The summed E-state index contributed by atoms with van der Waals surface area (Å²) in [6.07, 6.45) is 1.10. The average Bonchev–Trinajstić information content (AvgIpc) is 2.62. The lowest BCUT2D eigenvalue weighted by molar-refractivity contribution is -0.118. The molecule has 1 rings (SSSR count). The van der Waals surface area contributed by atoms with E-state index in [4.69, 9.17) is 4.84 Å². The minimum Gasteiger partial charge on any atom is -0.392 e. The Kier molecular flexibility index (Phi) is 8.18. The van der Waals surface area contributed by atoms with E-state index in [2.05, 4.69) is 10.5 Å². The van der Waals surface area contributed by atoms with E-state index in [0.29, 0.717) is 6.54 Å². The van der Waals surface area contributed by atoms with Crippen LogP contribution in [0.1, 0.15) is 34.1 Å². The Balaban J connectivity index is 0.000000921. The molecule has 0 aromatic rings. The summed E-state index contributed by atoms with van der Waals surface area (Å²) < 4.78 is 0. The summed E-state index contributed by atoms with van der Waals surface area (Å²) >= 11 is 1.64. The van der Waals surface area contributed by atoms with Crippen LogP contribution >= 0.6 is 11.8 Å². The molecule has 1 aliphatic heterocycles. The summed E-state index contributed by atoms with van der Waals surface area (Å²) in [5.41, 5.74) is 0. The highest BCUT2D eigenvalue weighted by atomic mass is 32.2. The number of oxime groups is 1. The molecular formula is C10H20N2O2S. The molecule has 0 bridgehead atoms. The molecule has 0 radical (unpaired) electrons. The normalized spacial score (nSPS) is 18.4. The number of nitrogens with one attached hydrogen (secondary N) is 1. The van der Waals surface area contributed by atoms with Crippen molar-refractivity contribution in [1.29, 1.82) is 0 Å². The lowest BCUT2D eigenvalue weighted by atomic mass is 10.3. The van der Waals surface area contributed by atoms with Crippen LogP contribution in [0.3, 0.4) is 0 Å². The van der Waals surface area contributed by atoms with Crippen molar-refractivity contribution >= 4 is 22.7 Å². The molecule has 1 amide bonds. The van der Waals surface area contributed by atoms with Crippen LogP contribution in [0.4, 0.5) is 0 Å². The SMILES string of the molecule is CC.CC(=O)NCCSC1=NOC(C)C1.